The Bertz CT molecular complexity index is 282. The largest absolute Gasteiger partial charge is 0.315 e. The first-order chi connectivity index (χ1) is 8.09. The summed E-state index contributed by atoms with van der Waals surface area (Å²) in [5.74, 6) is 0. The standard InChI is InChI=1S/C14H26N2S/c1-12(2)15-9-5-7-13(3)16(4)11-14-8-6-10-17-14/h6,8,10,12-13,15H,5,7,9,11H2,1-4H3. The number of nitrogens with zero attached hydrogens (tertiary/aromatic N) is 1. The maximum atomic E-state index is 3.47. The number of nitrogens with one attached hydrogen (secondary N) is 1. The lowest BCUT2D eigenvalue weighted by atomic mass is 10.1. The lowest BCUT2D eigenvalue weighted by molar-refractivity contribution is 0.236. The Kier molecular flexibility index (Phi) is 6.78. The molecule has 1 unspecified atom stereocenters. The van der Waals surface area contributed by atoms with E-state index in [1.54, 1.807) is 0 Å². The fourth-order valence-corrected chi connectivity index (χ4v) is 2.58. The molecule has 0 amide bonds. The molecule has 0 aliphatic heterocycles. The van der Waals surface area contributed by atoms with Crippen LogP contribution in [-0.4, -0.2) is 30.6 Å². The number of hydrogen-bond donors (Lipinski definition) is 1. The molecule has 0 saturated heterocycles. The predicted molar refractivity (Wildman–Crippen MR) is 77.6 cm³/mol. The van der Waals surface area contributed by atoms with Crippen molar-refractivity contribution in [3.05, 3.63) is 22.4 Å². The highest BCUT2D eigenvalue weighted by atomic mass is 32.1. The van der Waals surface area contributed by atoms with Crippen LogP contribution in [0.25, 0.3) is 0 Å². The smallest absolute Gasteiger partial charge is 0.0327 e. The van der Waals surface area contributed by atoms with Crippen LogP contribution in [-0.2, 0) is 6.54 Å². The fourth-order valence-electron chi connectivity index (χ4n) is 1.81. The number of thiophene rings is 1. The van der Waals surface area contributed by atoms with Gasteiger partial charge in [-0.1, -0.05) is 19.9 Å². The molecule has 98 valence electrons. The SMILES string of the molecule is CC(C)NCCCC(C)N(C)Cc1cccs1. The third-order valence-electron chi connectivity index (χ3n) is 3.09. The molecule has 1 N–H and O–H groups in total. The summed E-state index contributed by atoms with van der Waals surface area (Å²) < 4.78 is 0. The molecule has 1 atom stereocenters. The van der Waals surface area contributed by atoms with Crippen LogP contribution in [0.5, 0.6) is 0 Å². The van der Waals surface area contributed by atoms with Gasteiger partial charge in [-0.15, -0.1) is 11.3 Å². The molecular formula is C14H26N2S. The number of hydrogen-bond acceptors (Lipinski definition) is 3. The van der Waals surface area contributed by atoms with Gasteiger partial charge in [-0.3, -0.25) is 4.90 Å². The summed E-state index contributed by atoms with van der Waals surface area (Å²) in [6.07, 6.45) is 2.52. The van der Waals surface area contributed by atoms with Crippen LogP contribution >= 0.6 is 11.3 Å². The molecule has 1 heterocycles. The van der Waals surface area contributed by atoms with Crippen molar-refractivity contribution in [3.8, 4) is 0 Å². The van der Waals surface area contributed by atoms with Crippen molar-refractivity contribution in [3.63, 3.8) is 0 Å². The van der Waals surface area contributed by atoms with Crippen molar-refractivity contribution >= 4 is 11.3 Å². The van der Waals surface area contributed by atoms with Crippen molar-refractivity contribution in [2.45, 2.75) is 52.2 Å². The molecular weight excluding hydrogens is 228 g/mol. The third kappa shape index (κ3) is 6.20. The van der Waals surface area contributed by atoms with E-state index in [0.29, 0.717) is 12.1 Å². The van der Waals surface area contributed by atoms with Crippen molar-refractivity contribution in [1.82, 2.24) is 10.2 Å². The van der Waals surface area contributed by atoms with Crippen molar-refractivity contribution in [2.24, 2.45) is 0 Å². The van der Waals surface area contributed by atoms with E-state index in [-0.39, 0.29) is 0 Å². The summed E-state index contributed by atoms with van der Waals surface area (Å²) in [5, 5.41) is 5.62. The monoisotopic (exact) mass is 254 g/mol. The summed E-state index contributed by atoms with van der Waals surface area (Å²) in [6.45, 7) is 8.94. The Labute approximate surface area is 110 Å². The van der Waals surface area contributed by atoms with Gasteiger partial charge in [0.2, 0.25) is 0 Å². The maximum absolute atomic E-state index is 3.47. The topological polar surface area (TPSA) is 15.3 Å². The number of rotatable bonds is 8. The molecule has 1 aromatic heterocycles. The third-order valence-corrected chi connectivity index (χ3v) is 3.95. The van der Waals surface area contributed by atoms with E-state index in [2.05, 4.69) is 55.5 Å². The molecule has 0 aliphatic rings. The molecule has 3 heteroatoms. The minimum atomic E-state index is 0.606. The van der Waals surface area contributed by atoms with Crippen LogP contribution < -0.4 is 5.32 Å². The summed E-state index contributed by atoms with van der Waals surface area (Å²) >= 11 is 1.85. The van der Waals surface area contributed by atoms with Gasteiger partial charge in [0.05, 0.1) is 0 Å². The Morgan fingerprint density at radius 3 is 2.71 bits per heavy atom. The zero-order chi connectivity index (χ0) is 12.7. The van der Waals surface area contributed by atoms with Gasteiger partial charge in [-0.2, -0.15) is 0 Å². The van der Waals surface area contributed by atoms with Crippen LogP contribution in [0.1, 0.15) is 38.5 Å². The zero-order valence-corrected chi connectivity index (χ0v) is 12.4. The summed E-state index contributed by atoms with van der Waals surface area (Å²) in [4.78, 5) is 3.90. The summed E-state index contributed by atoms with van der Waals surface area (Å²) in [6, 6.07) is 5.61. The van der Waals surface area contributed by atoms with Gasteiger partial charge in [0.1, 0.15) is 0 Å². The first-order valence-electron chi connectivity index (χ1n) is 6.55. The highest BCUT2D eigenvalue weighted by Gasteiger charge is 2.09. The molecule has 0 radical (unpaired) electrons. The van der Waals surface area contributed by atoms with Crippen molar-refractivity contribution < 1.29 is 0 Å². The van der Waals surface area contributed by atoms with Crippen LogP contribution in [0.2, 0.25) is 0 Å². The molecule has 0 saturated carbocycles. The lowest BCUT2D eigenvalue weighted by Gasteiger charge is -2.24. The lowest BCUT2D eigenvalue weighted by Crippen LogP contribution is -2.30. The van der Waals surface area contributed by atoms with Crippen LogP contribution in [0.4, 0.5) is 0 Å². The van der Waals surface area contributed by atoms with E-state index in [4.69, 9.17) is 0 Å². The van der Waals surface area contributed by atoms with Crippen LogP contribution in [0, 0.1) is 0 Å². The molecule has 0 aliphatic carbocycles. The van der Waals surface area contributed by atoms with E-state index in [9.17, 15) is 0 Å². The van der Waals surface area contributed by atoms with Crippen LogP contribution in [0.15, 0.2) is 17.5 Å². The Hall–Kier alpha value is -0.380. The second kappa shape index (κ2) is 7.85. The quantitative estimate of drug-likeness (QED) is 0.716. The highest BCUT2D eigenvalue weighted by molar-refractivity contribution is 7.09. The zero-order valence-electron chi connectivity index (χ0n) is 11.6. The fraction of sp³-hybridized carbons (Fsp3) is 0.714. The van der Waals surface area contributed by atoms with Crippen molar-refractivity contribution in [1.29, 1.82) is 0 Å². The molecule has 1 rings (SSSR count). The Morgan fingerprint density at radius 1 is 1.35 bits per heavy atom. The highest BCUT2D eigenvalue weighted by Crippen LogP contribution is 2.14. The van der Waals surface area contributed by atoms with Crippen LogP contribution in [0.3, 0.4) is 0 Å². The molecule has 1 aromatic rings. The first-order valence-corrected chi connectivity index (χ1v) is 7.43. The molecule has 0 aromatic carbocycles. The van der Waals surface area contributed by atoms with E-state index in [1.165, 1.54) is 17.7 Å². The summed E-state index contributed by atoms with van der Waals surface area (Å²) in [7, 11) is 2.22. The normalized spacial score (nSPS) is 13.5. The first kappa shape index (κ1) is 14.7. The average Bonchev–Trinajstić information content (AvgIpc) is 2.76. The molecule has 17 heavy (non-hydrogen) atoms. The van der Waals surface area contributed by atoms with Gasteiger partial charge < -0.3 is 5.32 Å². The minimum Gasteiger partial charge on any atom is -0.315 e. The summed E-state index contributed by atoms with van der Waals surface area (Å²) in [5.41, 5.74) is 0. The van der Waals surface area contributed by atoms with Gasteiger partial charge in [0.15, 0.2) is 0 Å². The van der Waals surface area contributed by atoms with Gasteiger partial charge in [-0.25, -0.2) is 0 Å². The van der Waals surface area contributed by atoms with E-state index < -0.39 is 0 Å². The molecule has 0 fully saturated rings. The van der Waals surface area contributed by atoms with Gasteiger partial charge >= 0.3 is 0 Å². The van der Waals surface area contributed by atoms with E-state index in [0.717, 1.165) is 13.1 Å². The van der Waals surface area contributed by atoms with Gasteiger partial charge in [0.25, 0.3) is 0 Å². The minimum absolute atomic E-state index is 0.606. The maximum Gasteiger partial charge on any atom is 0.0327 e. The Balaban J connectivity index is 2.16. The molecule has 0 spiro atoms. The average molecular weight is 254 g/mol. The van der Waals surface area contributed by atoms with Gasteiger partial charge in [0, 0.05) is 23.5 Å². The Morgan fingerprint density at radius 2 is 2.12 bits per heavy atom. The van der Waals surface area contributed by atoms with Gasteiger partial charge in [-0.05, 0) is 44.8 Å². The second-order valence-electron chi connectivity index (χ2n) is 5.09. The molecule has 0 bridgehead atoms. The second-order valence-corrected chi connectivity index (χ2v) is 6.13. The van der Waals surface area contributed by atoms with E-state index in [1.807, 2.05) is 11.3 Å². The van der Waals surface area contributed by atoms with Crippen molar-refractivity contribution in [2.75, 3.05) is 13.6 Å². The van der Waals surface area contributed by atoms with E-state index >= 15 is 0 Å². The predicted octanol–water partition coefficient (Wildman–Crippen LogP) is 3.35. The molecule has 2 nitrogen and oxygen atoms in total.